The van der Waals surface area contributed by atoms with Crippen molar-refractivity contribution in [2.75, 3.05) is 19.7 Å². The van der Waals surface area contributed by atoms with E-state index in [0.717, 1.165) is 41.9 Å². The Labute approximate surface area is 162 Å². The van der Waals surface area contributed by atoms with Gasteiger partial charge in [0.25, 0.3) is 0 Å². The monoisotopic (exact) mass is 411 g/mol. The summed E-state index contributed by atoms with van der Waals surface area (Å²) in [4.78, 5) is 0. The molecule has 8 heteroatoms. The Hall–Kier alpha value is -2.06. The predicted molar refractivity (Wildman–Crippen MR) is 98.6 cm³/mol. The number of rotatable bonds is 4. The van der Waals surface area contributed by atoms with E-state index < -0.39 is 21.8 Å². The normalized spacial score (nSPS) is 20.2. The molecule has 0 spiro atoms. The number of hydrogen-bond acceptors (Lipinski definition) is 3. The largest absolute Gasteiger partial charge is 0.493 e. The van der Waals surface area contributed by atoms with Crippen LogP contribution in [-0.2, 0) is 28.4 Å². The number of halogens is 3. The van der Waals surface area contributed by atoms with E-state index in [4.69, 9.17) is 4.74 Å². The van der Waals surface area contributed by atoms with E-state index >= 15 is 0 Å². The molecular weight excluding hydrogens is 391 g/mol. The van der Waals surface area contributed by atoms with Crippen LogP contribution in [0.1, 0.15) is 34.6 Å². The lowest BCUT2D eigenvalue weighted by atomic mass is 9.96. The van der Waals surface area contributed by atoms with E-state index in [1.54, 1.807) is 0 Å². The van der Waals surface area contributed by atoms with Crippen molar-refractivity contribution in [2.24, 2.45) is 0 Å². The maximum absolute atomic E-state index is 12.7. The van der Waals surface area contributed by atoms with Crippen LogP contribution < -0.4 is 4.74 Å². The number of alkyl halides is 3. The van der Waals surface area contributed by atoms with Crippen molar-refractivity contribution in [3.05, 3.63) is 64.7 Å². The van der Waals surface area contributed by atoms with Gasteiger partial charge in [-0.05, 0) is 47.2 Å². The third-order valence-electron chi connectivity index (χ3n) is 5.36. The minimum Gasteiger partial charge on any atom is -0.493 e. The fourth-order valence-electron chi connectivity index (χ4n) is 3.81. The summed E-state index contributed by atoms with van der Waals surface area (Å²) in [6.45, 7) is 1.49. The Morgan fingerprint density at radius 2 is 1.86 bits per heavy atom. The van der Waals surface area contributed by atoms with Crippen LogP contribution in [0.25, 0.3) is 0 Å². The van der Waals surface area contributed by atoms with Gasteiger partial charge in [-0.3, -0.25) is 0 Å². The standard InChI is InChI=1S/C20H20F3NO3S/c21-20(22,23)18-4-1-14(2-5-18)13-28(25,26)24-9-7-17(12-24)15-3-6-19-16(11-15)8-10-27-19/h1-6,11,17H,7-10,12-13H2. The predicted octanol–water partition coefficient (Wildman–Crippen LogP) is 3.96. The first-order chi connectivity index (χ1) is 13.2. The molecule has 0 aromatic heterocycles. The lowest BCUT2D eigenvalue weighted by molar-refractivity contribution is -0.137. The smallest absolute Gasteiger partial charge is 0.416 e. The summed E-state index contributed by atoms with van der Waals surface area (Å²) < 4.78 is 70.4. The fourth-order valence-corrected chi connectivity index (χ4v) is 5.39. The van der Waals surface area contributed by atoms with Crippen LogP contribution in [-0.4, -0.2) is 32.4 Å². The molecule has 1 saturated heterocycles. The van der Waals surface area contributed by atoms with Gasteiger partial charge in [0, 0.05) is 19.5 Å². The first kappa shape index (κ1) is 19.3. The molecule has 0 saturated carbocycles. The summed E-state index contributed by atoms with van der Waals surface area (Å²) >= 11 is 0. The lowest BCUT2D eigenvalue weighted by Gasteiger charge is -2.17. The van der Waals surface area contributed by atoms with Gasteiger partial charge in [-0.15, -0.1) is 0 Å². The van der Waals surface area contributed by atoms with E-state index in [0.29, 0.717) is 25.3 Å². The molecule has 0 aliphatic carbocycles. The molecule has 28 heavy (non-hydrogen) atoms. The summed E-state index contributed by atoms with van der Waals surface area (Å²) in [6.07, 6.45) is -2.84. The van der Waals surface area contributed by atoms with Crippen molar-refractivity contribution in [1.82, 2.24) is 4.31 Å². The average molecular weight is 411 g/mol. The van der Waals surface area contributed by atoms with Gasteiger partial charge in [-0.1, -0.05) is 24.3 Å². The molecule has 150 valence electrons. The number of nitrogens with zero attached hydrogens (tertiary/aromatic N) is 1. The molecule has 0 N–H and O–H groups in total. The van der Waals surface area contributed by atoms with Crippen LogP contribution in [0, 0.1) is 0 Å². The van der Waals surface area contributed by atoms with E-state index in [1.807, 2.05) is 12.1 Å². The van der Waals surface area contributed by atoms with Crippen molar-refractivity contribution in [3.8, 4) is 5.75 Å². The zero-order chi connectivity index (χ0) is 19.9. The topological polar surface area (TPSA) is 46.6 Å². The van der Waals surface area contributed by atoms with Crippen molar-refractivity contribution >= 4 is 10.0 Å². The number of benzene rings is 2. The van der Waals surface area contributed by atoms with E-state index in [9.17, 15) is 21.6 Å². The summed E-state index contributed by atoms with van der Waals surface area (Å²) in [5, 5.41) is 0. The van der Waals surface area contributed by atoms with E-state index in [2.05, 4.69) is 6.07 Å². The SMILES string of the molecule is O=S(=O)(Cc1ccc(C(F)(F)F)cc1)N1CCC(c2ccc3c(c2)CCO3)C1. The van der Waals surface area contributed by atoms with Gasteiger partial charge in [0.2, 0.25) is 10.0 Å². The van der Waals surface area contributed by atoms with Gasteiger partial charge >= 0.3 is 6.18 Å². The van der Waals surface area contributed by atoms with Gasteiger partial charge in [0.05, 0.1) is 17.9 Å². The average Bonchev–Trinajstić information content (AvgIpc) is 3.30. The van der Waals surface area contributed by atoms with Crippen LogP contribution in [0.15, 0.2) is 42.5 Å². The molecule has 0 radical (unpaired) electrons. The summed E-state index contributed by atoms with van der Waals surface area (Å²) in [5.74, 6) is 0.720. The van der Waals surface area contributed by atoms with Gasteiger partial charge in [0.1, 0.15) is 5.75 Å². The van der Waals surface area contributed by atoms with Crippen LogP contribution >= 0.6 is 0 Å². The minimum absolute atomic E-state index is 0.119. The molecule has 0 amide bonds. The maximum atomic E-state index is 12.7. The van der Waals surface area contributed by atoms with Crippen LogP contribution in [0.2, 0.25) is 0 Å². The number of hydrogen-bond donors (Lipinski definition) is 0. The molecule has 2 aliphatic heterocycles. The third kappa shape index (κ3) is 3.89. The van der Waals surface area contributed by atoms with Gasteiger partial charge in [0.15, 0.2) is 0 Å². The highest BCUT2D eigenvalue weighted by atomic mass is 32.2. The highest BCUT2D eigenvalue weighted by Crippen LogP contribution is 2.34. The summed E-state index contributed by atoms with van der Waals surface area (Å²) in [6, 6.07) is 10.3. The molecule has 2 heterocycles. The van der Waals surface area contributed by atoms with Crippen molar-refractivity contribution in [2.45, 2.75) is 30.7 Å². The maximum Gasteiger partial charge on any atom is 0.416 e. The molecule has 1 fully saturated rings. The summed E-state index contributed by atoms with van der Waals surface area (Å²) in [5.41, 5.74) is 1.83. The molecule has 1 atom stereocenters. The molecule has 4 nitrogen and oxygen atoms in total. The quantitative estimate of drug-likeness (QED) is 0.765. The highest BCUT2D eigenvalue weighted by Gasteiger charge is 2.33. The number of sulfonamides is 1. The van der Waals surface area contributed by atoms with Crippen molar-refractivity contribution in [3.63, 3.8) is 0 Å². The fraction of sp³-hybridized carbons (Fsp3) is 0.400. The Morgan fingerprint density at radius 3 is 2.57 bits per heavy atom. The Balaban J connectivity index is 1.44. The third-order valence-corrected chi connectivity index (χ3v) is 7.18. The molecule has 2 aromatic carbocycles. The van der Waals surface area contributed by atoms with E-state index in [1.165, 1.54) is 16.4 Å². The Bertz CT molecular complexity index is 971. The highest BCUT2D eigenvalue weighted by molar-refractivity contribution is 7.88. The van der Waals surface area contributed by atoms with Gasteiger partial charge < -0.3 is 4.74 Å². The zero-order valence-electron chi connectivity index (χ0n) is 15.1. The lowest BCUT2D eigenvalue weighted by Crippen LogP contribution is -2.29. The summed E-state index contributed by atoms with van der Waals surface area (Å²) in [7, 11) is -3.59. The first-order valence-electron chi connectivity index (χ1n) is 9.12. The van der Waals surface area contributed by atoms with Crippen molar-refractivity contribution < 1.29 is 26.3 Å². The number of ether oxygens (including phenoxy) is 1. The molecule has 2 aromatic rings. The second-order valence-electron chi connectivity index (χ2n) is 7.26. The zero-order valence-corrected chi connectivity index (χ0v) is 15.9. The van der Waals surface area contributed by atoms with E-state index in [-0.39, 0.29) is 11.7 Å². The molecule has 0 bridgehead atoms. The number of fused-ring (bicyclic) bond motifs is 1. The molecule has 4 rings (SSSR count). The molecular formula is C20H20F3NO3S. The van der Waals surface area contributed by atoms with Crippen LogP contribution in [0.3, 0.4) is 0 Å². The minimum atomic E-state index is -4.43. The second kappa shape index (κ2) is 7.08. The van der Waals surface area contributed by atoms with Crippen LogP contribution in [0.5, 0.6) is 5.75 Å². The second-order valence-corrected chi connectivity index (χ2v) is 9.23. The Morgan fingerprint density at radius 1 is 1.11 bits per heavy atom. The molecule has 2 aliphatic rings. The first-order valence-corrected chi connectivity index (χ1v) is 10.7. The van der Waals surface area contributed by atoms with Crippen LogP contribution in [0.4, 0.5) is 13.2 Å². The van der Waals surface area contributed by atoms with Gasteiger partial charge in [-0.2, -0.15) is 13.2 Å². The van der Waals surface area contributed by atoms with Gasteiger partial charge in [-0.25, -0.2) is 12.7 Å². The molecule has 1 unspecified atom stereocenters. The Kier molecular flexibility index (Phi) is 4.87. The van der Waals surface area contributed by atoms with Crippen molar-refractivity contribution in [1.29, 1.82) is 0 Å².